The Labute approximate surface area is 162 Å². The summed E-state index contributed by atoms with van der Waals surface area (Å²) in [6.45, 7) is 3.82. The van der Waals surface area contributed by atoms with E-state index < -0.39 is 0 Å². The summed E-state index contributed by atoms with van der Waals surface area (Å²) in [6.07, 6.45) is 10.4. The van der Waals surface area contributed by atoms with Crippen LogP contribution in [-0.4, -0.2) is 53.9 Å². The van der Waals surface area contributed by atoms with Gasteiger partial charge < -0.3 is 9.80 Å². The number of piperidine rings is 1. The summed E-state index contributed by atoms with van der Waals surface area (Å²) in [4.78, 5) is 21.3. The quantitative estimate of drug-likeness (QED) is 0.707. The first-order valence-electron chi connectivity index (χ1n) is 9.80. The van der Waals surface area contributed by atoms with E-state index in [1.807, 2.05) is 29.2 Å². The van der Waals surface area contributed by atoms with Crippen LogP contribution in [0.15, 0.2) is 60.9 Å². The second-order valence-electron chi connectivity index (χ2n) is 7.40. The summed E-state index contributed by atoms with van der Waals surface area (Å²) >= 11 is 0. The molecule has 2 aromatic rings. The third kappa shape index (κ3) is 6.33. The number of amides is 1. The van der Waals surface area contributed by atoms with Gasteiger partial charge in [-0.2, -0.15) is 0 Å². The summed E-state index contributed by atoms with van der Waals surface area (Å²) < 4.78 is 0. The minimum Gasteiger partial charge on any atom is -0.339 e. The van der Waals surface area contributed by atoms with Crippen LogP contribution in [0.25, 0.3) is 6.08 Å². The minimum atomic E-state index is 0.0935. The van der Waals surface area contributed by atoms with Crippen LogP contribution in [0.2, 0.25) is 0 Å². The fourth-order valence-electron chi connectivity index (χ4n) is 3.68. The van der Waals surface area contributed by atoms with Crippen molar-refractivity contribution in [2.24, 2.45) is 5.92 Å². The Morgan fingerprint density at radius 2 is 2.00 bits per heavy atom. The number of benzene rings is 1. The third-order valence-electron chi connectivity index (χ3n) is 5.15. The van der Waals surface area contributed by atoms with Gasteiger partial charge in [-0.05, 0) is 68.1 Å². The van der Waals surface area contributed by atoms with E-state index in [0.717, 1.165) is 38.2 Å². The average Bonchev–Trinajstić information content (AvgIpc) is 2.71. The molecule has 1 saturated heterocycles. The average molecular weight is 364 g/mol. The summed E-state index contributed by atoms with van der Waals surface area (Å²) in [5.41, 5.74) is 2.27. The fourth-order valence-corrected chi connectivity index (χ4v) is 3.68. The summed E-state index contributed by atoms with van der Waals surface area (Å²) in [7, 11) is 2.17. The minimum absolute atomic E-state index is 0.0935. The van der Waals surface area contributed by atoms with Crippen LogP contribution in [0.1, 0.15) is 24.0 Å². The van der Waals surface area contributed by atoms with Gasteiger partial charge in [-0.3, -0.25) is 9.78 Å². The molecule has 27 heavy (non-hydrogen) atoms. The Bertz CT molecular complexity index is 730. The van der Waals surface area contributed by atoms with Crippen molar-refractivity contribution in [1.82, 2.24) is 14.8 Å². The Balaban J connectivity index is 1.65. The number of likely N-dealkylation sites (tertiary alicyclic amines) is 1. The Morgan fingerprint density at radius 1 is 1.22 bits per heavy atom. The van der Waals surface area contributed by atoms with E-state index in [9.17, 15) is 4.79 Å². The Morgan fingerprint density at radius 3 is 2.74 bits per heavy atom. The lowest BCUT2D eigenvalue weighted by molar-refractivity contribution is -0.126. The van der Waals surface area contributed by atoms with Crippen LogP contribution in [0.4, 0.5) is 0 Å². The van der Waals surface area contributed by atoms with Crippen molar-refractivity contribution in [2.75, 3.05) is 33.2 Å². The van der Waals surface area contributed by atoms with Gasteiger partial charge in [0.1, 0.15) is 0 Å². The van der Waals surface area contributed by atoms with Crippen molar-refractivity contribution >= 4 is 12.0 Å². The summed E-state index contributed by atoms with van der Waals surface area (Å²) in [6, 6.07) is 14.2. The smallest absolute Gasteiger partial charge is 0.246 e. The van der Waals surface area contributed by atoms with Gasteiger partial charge in [-0.15, -0.1) is 0 Å². The maximum atomic E-state index is 12.9. The highest BCUT2D eigenvalue weighted by molar-refractivity contribution is 5.91. The van der Waals surface area contributed by atoms with E-state index in [1.165, 1.54) is 18.4 Å². The first kappa shape index (κ1) is 19.3. The Kier molecular flexibility index (Phi) is 7.17. The lowest BCUT2D eigenvalue weighted by atomic mass is 9.97. The first-order chi connectivity index (χ1) is 13.2. The molecule has 0 radical (unpaired) electrons. The number of hydrogen-bond donors (Lipinski definition) is 0. The zero-order valence-corrected chi connectivity index (χ0v) is 16.1. The summed E-state index contributed by atoms with van der Waals surface area (Å²) in [5, 5.41) is 0. The number of carbonyl (C=O) groups excluding carboxylic acids is 1. The van der Waals surface area contributed by atoms with Crippen LogP contribution in [0, 0.1) is 5.92 Å². The Hall–Kier alpha value is -2.46. The van der Waals surface area contributed by atoms with Gasteiger partial charge in [-0.1, -0.05) is 30.3 Å². The number of hydrogen-bond acceptors (Lipinski definition) is 3. The zero-order valence-electron chi connectivity index (χ0n) is 16.1. The standard InChI is InChI=1S/C23H29N3O/c1-25-16-5-8-22(18-25)19-26(17-13-20-6-3-2-4-7-20)23(27)10-9-21-11-14-24-15-12-21/h2-4,6-7,9-12,14-15,22H,5,8,13,16-19H2,1H3. The van der Waals surface area contributed by atoms with Crippen molar-refractivity contribution in [3.63, 3.8) is 0 Å². The molecule has 1 aromatic heterocycles. The number of aromatic nitrogens is 1. The van der Waals surface area contributed by atoms with Gasteiger partial charge in [0.15, 0.2) is 0 Å². The second kappa shape index (κ2) is 10.0. The molecular formula is C23H29N3O. The monoisotopic (exact) mass is 363 g/mol. The number of carbonyl (C=O) groups is 1. The molecule has 1 unspecified atom stereocenters. The third-order valence-corrected chi connectivity index (χ3v) is 5.15. The van der Waals surface area contributed by atoms with E-state index in [1.54, 1.807) is 18.5 Å². The van der Waals surface area contributed by atoms with Crippen LogP contribution in [0.5, 0.6) is 0 Å². The molecule has 1 aromatic carbocycles. The largest absolute Gasteiger partial charge is 0.339 e. The van der Waals surface area contributed by atoms with Crippen molar-refractivity contribution < 1.29 is 4.79 Å². The van der Waals surface area contributed by atoms with Crippen LogP contribution < -0.4 is 0 Å². The molecule has 142 valence electrons. The van der Waals surface area contributed by atoms with Gasteiger partial charge in [-0.25, -0.2) is 0 Å². The highest BCUT2D eigenvalue weighted by atomic mass is 16.2. The molecule has 0 saturated carbocycles. The molecule has 4 heteroatoms. The SMILES string of the molecule is CN1CCCC(CN(CCc2ccccc2)C(=O)C=Cc2ccncc2)C1. The van der Waals surface area contributed by atoms with E-state index in [4.69, 9.17) is 0 Å². The van der Waals surface area contributed by atoms with E-state index in [0.29, 0.717) is 5.92 Å². The lowest BCUT2D eigenvalue weighted by Crippen LogP contribution is -2.42. The number of pyridine rings is 1. The van der Waals surface area contributed by atoms with Crippen LogP contribution in [0.3, 0.4) is 0 Å². The van der Waals surface area contributed by atoms with Crippen molar-refractivity contribution in [2.45, 2.75) is 19.3 Å². The molecular weight excluding hydrogens is 334 g/mol. The molecule has 0 aliphatic carbocycles. The second-order valence-corrected chi connectivity index (χ2v) is 7.40. The van der Waals surface area contributed by atoms with Gasteiger partial charge in [0.05, 0.1) is 0 Å². The van der Waals surface area contributed by atoms with E-state index >= 15 is 0 Å². The maximum absolute atomic E-state index is 12.9. The highest BCUT2D eigenvalue weighted by Gasteiger charge is 2.21. The molecule has 2 heterocycles. The zero-order chi connectivity index (χ0) is 18.9. The molecule has 1 aliphatic heterocycles. The molecule has 1 fully saturated rings. The van der Waals surface area contributed by atoms with Crippen molar-refractivity contribution in [1.29, 1.82) is 0 Å². The summed E-state index contributed by atoms with van der Waals surface area (Å²) in [5.74, 6) is 0.647. The molecule has 4 nitrogen and oxygen atoms in total. The van der Waals surface area contributed by atoms with Crippen molar-refractivity contribution in [3.05, 3.63) is 72.1 Å². The predicted molar refractivity (Wildman–Crippen MR) is 110 cm³/mol. The first-order valence-corrected chi connectivity index (χ1v) is 9.80. The maximum Gasteiger partial charge on any atom is 0.246 e. The lowest BCUT2D eigenvalue weighted by Gasteiger charge is -2.33. The van der Waals surface area contributed by atoms with Gasteiger partial charge in [0.2, 0.25) is 5.91 Å². The van der Waals surface area contributed by atoms with Crippen LogP contribution >= 0.6 is 0 Å². The molecule has 3 rings (SSSR count). The molecule has 0 spiro atoms. The number of rotatable bonds is 7. The normalized spacial score (nSPS) is 17.9. The molecule has 0 N–H and O–H groups in total. The molecule has 1 aliphatic rings. The van der Waals surface area contributed by atoms with Gasteiger partial charge in [0, 0.05) is 38.1 Å². The molecule has 1 amide bonds. The topological polar surface area (TPSA) is 36.4 Å². The van der Waals surface area contributed by atoms with E-state index in [2.05, 4.69) is 41.2 Å². The van der Waals surface area contributed by atoms with Gasteiger partial charge in [0.25, 0.3) is 0 Å². The van der Waals surface area contributed by atoms with Crippen LogP contribution in [-0.2, 0) is 11.2 Å². The van der Waals surface area contributed by atoms with E-state index in [-0.39, 0.29) is 5.91 Å². The van der Waals surface area contributed by atoms with Gasteiger partial charge >= 0.3 is 0 Å². The molecule has 0 bridgehead atoms. The molecule has 1 atom stereocenters. The fraction of sp³-hybridized carbons (Fsp3) is 0.391. The predicted octanol–water partition coefficient (Wildman–Crippen LogP) is 3.51. The highest BCUT2D eigenvalue weighted by Crippen LogP contribution is 2.17. The van der Waals surface area contributed by atoms with Crippen molar-refractivity contribution in [3.8, 4) is 0 Å². The number of nitrogens with zero attached hydrogens (tertiary/aromatic N) is 3.